The number of nitrogens with one attached hydrogen (secondary N) is 1. The Morgan fingerprint density at radius 1 is 0.585 bits per heavy atom. The van der Waals surface area contributed by atoms with Crippen molar-refractivity contribution in [1.82, 2.24) is 10.2 Å². The minimum absolute atomic E-state index is 0.0886. The fourth-order valence-corrected chi connectivity index (χ4v) is 5.43. The van der Waals surface area contributed by atoms with Crippen LogP contribution in [0.3, 0.4) is 0 Å². The lowest BCUT2D eigenvalue weighted by Crippen LogP contribution is -2.37. The maximum absolute atomic E-state index is 13.0. The second-order valence-electron chi connectivity index (χ2n) is 12.4. The Morgan fingerprint density at radius 3 is 1.27 bits per heavy atom. The van der Waals surface area contributed by atoms with Crippen molar-refractivity contribution in [3.05, 3.63) is 0 Å². The molecule has 0 saturated heterocycles. The Balaban J connectivity index is 4.17. The largest absolute Gasteiger partial charge is 0.390 e. The van der Waals surface area contributed by atoms with Crippen LogP contribution in [0.1, 0.15) is 181 Å². The first kappa shape index (κ1) is 39.9. The summed E-state index contributed by atoms with van der Waals surface area (Å²) in [4.78, 5) is 27.1. The third-order valence-corrected chi connectivity index (χ3v) is 8.29. The number of nitrogens with two attached hydrogens (primary N) is 1. The number of carbonyl (C=O) groups is 2. The van der Waals surface area contributed by atoms with Crippen LogP contribution >= 0.6 is 0 Å². The summed E-state index contributed by atoms with van der Waals surface area (Å²) in [5, 5.41) is 12.2. The zero-order chi connectivity index (χ0) is 30.2. The Hall–Kier alpha value is -1.14. The van der Waals surface area contributed by atoms with Gasteiger partial charge in [0.05, 0.1) is 6.10 Å². The third-order valence-electron chi connectivity index (χ3n) is 8.29. The van der Waals surface area contributed by atoms with Gasteiger partial charge in [-0.2, -0.15) is 0 Å². The first-order chi connectivity index (χ1) is 20.0. The fraction of sp³-hybridized carbons (Fsp3) is 0.943. The lowest BCUT2D eigenvalue weighted by atomic mass is 10.0. The minimum Gasteiger partial charge on any atom is -0.390 e. The van der Waals surface area contributed by atoms with Gasteiger partial charge < -0.3 is 21.1 Å². The van der Waals surface area contributed by atoms with Crippen LogP contribution in [0.4, 0.5) is 0 Å². The van der Waals surface area contributed by atoms with E-state index in [-0.39, 0.29) is 37.7 Å². The predicted octanol–water partition coefficient (Wildman–Crippen LogP) is 8.43. The number of aliphatic hydroxyl groups is 1. The van der Waals surface area contributed by atoms with Gasteiger partial charge in [-0.1, -0.05) is 155 Å². The monoisotopic (exact) mass is 582 g/mol. The van der Waals surface area contributed by atoms with E-state index in [9.17, 15) is 14.7 Å². The average Bonchev–Trinajstić information content (AvgIpc) is 2.98. The lowest BCUT2D eigenvalue weighted by molar-refractivity contribution is -0.133. The predicted molar refractivity (Wildman–Crippen MR) is 176 cm³/mol. The highest BCUT2D eigenvalue weighted by molar-refractivity contribution is 5.83. The second-order valence-corrected chi connectivity index (χ2v) is 12.4. The summed E-state index contributed by atoms with van der Waals surface area (Å²) < 4.78 is 0. The molecule has 2 amide bonds. The number of unbranched alkanes of at least 4 members (excludes halogenated alkanes) is 22. The summed E-state index contributed by atoms with van der Waals surface area (Å²) in [5.41, 5.74) is 5.40. The van der Waals surface area contributed by atoms with Crippen molar-refractivity contribution in [2.45, 2.75) is 187 Å². The van der Waals surface area contributed by atoms with Crippen LogP contribution in [0.15, 0.2) is 0 Å². The van der Waals surface area contributed by atoms with Crippen LogP contribution < -0.4 is 11.1 Å². The Kier molecular flexibility index (Phi) is 30.9. The maximum Gasteiger partial charge on any atom is 0.223 e. The van der Waals surface area contributed by atoms with Gasteiger partial charge in [-0.05, 0) is 12.8 Å². The van der Waals surface area contributed by atoms with E-state index in [1.54, 1.807) is 0 Å². The zero-order valence-corrected chi connectivity index (χ0v) is 27.6. The molecule has 244 valence electrons. The van der Waals surface area contributed by atoms with Crippen molar-refractivity contribution in [2.24, 2.45) is 5.73 Å². The van der Waals surface area contributed by atoms with Crippen molar-refractivity contribution < 1.29 is 14.7 Å². The van der Waals surface area contributed by atoms with E-state index in [2.05, 4.69) is 19.2 Å². The van der Waals surface area contributed by atoms with Gasteiger partial charge in [-0.25, -0.2) is 0 Å². The van der Waals surface area contributed by atoms with Crippen molar-refractivity contribution in [2.75, 3.05) is 26.2 Å². The van der Waals surface area contributed by atoms with Crippen LogP contribution in [0.2, 0.25) is 0 Å². The van der Waals surface area contributed by atoms with Gasteiger partial charge in [-0.15, -0.1) is 0 Å². The molecule has 6 heteroatoms. The Labute approximate surface area is 255 Å². The molecule has 4 N–H and O–H groups in total. The van der Waals surface area contributed by atoms with E-state index in [1.807, 2.05) is 4.90 Å². The molecule has 0 aromatic carbocycles. The maximum atomic E-state index is 13.0. The highest BCUT2D eigenvalue weighted by Crippen LogP contribution is 2.14. The fourth-order valence-electron chi connectivity index (χ4n) is 5.43. The quantitative estimate of drug-likeness (QED) is 0.0695. The molecule has 1 atom stereocenters. The number of aliphatic hydroxyl groups excluding tert-OH is 1. The van der Waals surface area contributed by atoms with Gasteiger partial charge >= 0.3 is 0 Å². The van der Waals surface area contributed by atoms with Crippen molar-refractivity contribution in [3.63, 3.8) is 0 Å². The average molecular weight is 582 g/mol. The molecule has 0 aliphatic heterocycles. The van der Waals surface area contributed by atoms with E-state index in [1.165, 1.54) is 141 Å². The van der Waals surface area contributed by atoms with Gasteiger partial charge in [-0.3, -0.25) is 9.59 Å². The number of hydrogen-bond donors (Lipinski definition) is 3. The topological polar surface area (TPSA) is 95.7 Å². The second kappa shape index (κ2) is 31.8. The normalized spacial score (nSPS) is 12.0. The molecule has 0 spiro atoms. The Bertz CT molecular complexity index is 545. The molecule has 6 nitrogen and oxygen atoms in total. The third kappa shape index (κ3) is 28.7. The van der Waals surface area contributed by atoms with Gasteiger partial charge in [0.15, 0.2) is 0 Å². The van der Waals surface area contributed by atoms with Crippen molar-refractivity contribution in [3.8, 4) is 0 Å². The highest BCUT2D eigenvalue weighted by atomic mass is 16.3. The highest BCUT2D eigenvalue weighted by Gasteiger charge is 2.15. The summed E-state index contributed by atoms with van der Waals surface area (Å²) in [6, 6.07) is 0. The molecular formula is C35H71N3O3. The van der Waals surface area contributed by atoms with Crippen LogP contribution in [0.25, 0.3) is 0 Å². The lowest BCUT2D eigenvalue weighted by Gasteiger charge is -2.23. The molecule has 0 heterocycles. The van der Waals surface area contributed by atoms with Gasteiger partial charge in [0.2, 0.25) is 11.8 Å². The number of carbonyl (C=O) groups excluding carboxylic acids is 2. The molecule has 0 bridgehead atoms. The first-order valence-electron chi connectivity index (χ1n) is 18.0. The number of nitrogens with zero attached hydrogens (tertiary/aromatic N) is 1. The molecule has 0 aliphatic rings. The Morgan fingerprint density at radius 2 is 0.927 bits per heavy atom. The van der Waals surface area contributed by atoms with E-state index in [4.69, 9.17) is 5.73 Å². The molecule has 0 saturated carbocycles. The summed E-state index contributed by atoms with van der Waals surface area (Å²) in [6.45, 7) is 6.41. The number of rotatable bonds is 32. The van der Waals surface area contributed by atoms with E-state index < -0.39 is 6.10 Å². The minimum atomic E-state index is -0.734. The molecule has 0 aromatic rings. The van der Waals surface area contributed by atoms with E-state index in [0.717, 1.165) is 25.9 Å². The van der Waals surface area contributed by atoms with E-state index in [0.29, 0.717) is 0 Å². The van der Waals surface area contributed by atoms with E-state index >= 15 is 0 Å². The van der Waals surface area contributed by atoms with Gasteiger partial charge in [0, 0.05) is 39.0 Å². The zero-order valence-electron chi connectivity index (χ0n) is 27.6. The molecule has 0 fully saturated rings. The van der Waals surface area contributed by atoms with Gasteiger partial charge in [0.1, 0.15) is 0 Å². The van der Waals surface area contributed by atoms with Crippen molar-refractivity contribution >= 4 is 11.8 Å². The van der Waals surface area contributed by atoms with Gasteiger partial charge in [0.25, 0.3) is 0 Å². The summed E-state index contributed by atoms with van der Waals surface area (Å²) >= 11 is 0. The molecular weight excluding hydrogens is 510 g/mol. The standard InChI is InChI=1S/C35H71N3O3/c1-3-5-7-9-11-13-15-17-19-21-23-25-29-38(35(41)28-27-34(40)37-32-33(39)31-36)30-26-24-22-20-18-16-14-12-10-8-6-4-2/h33,39H,3-32,36H2,1-2H3,(H,37,40). The summed E-state index contributed by atoms with van der Waals surface area (Å²) in [6.07, 6.45) is 31.2. The molecule has 0 rings (SSSR count). The molecule has 0 aromatic heterocycles. The summed E-state index contributed by atoms with van der Waals surface area (Å²) in [5.74, 6) is -0.104. The summed E-state index contributed by atoms with van der Waals surface area (Å²) in [7, 11) is 0. The molecule has 0 radical (unpaired) electrons. The van der Waals surface area contributed by atoms with Crippen LogP contribution in [0, 0.1) is 0 Å². The number of amides is 2. The van der Waals surface area contributed by atoms with Crippen molar-refractivity contribution in [1.29, 1.82) is 0 Å². The number of hydrogen-bond acceptors (Lipinski definition) is 4. The van der Waals surface area contributed by atoms with Crippen LogP contribution in [-0.4, -0.2) is 54.1 Å². The molecule has 41 heavy (non-hydrogen) atoms. The SMILES string of the molecule is CCCCCCCCCCCCCCN(CCCCCCCCCCCCCC)C(=O)CCC(=O)NCC(O)CN. The van der Waals surface area contributed by atoms with Crippen LogP contribution in [-0.2, 0) is 9.59 Å². The molecule has 0 aliphatic carbocycles. The van der Waals surface area contributed by atoms with Crippen LogP contribution in [0.5, 0.6) is 0 Å². The molecule has 1 unspecified atom stereocenters. The first-order valence-corrected chi connectivity index (χ1v) is 18.0. The smallest absolute Gasteiger partial charge is 0.223 e.